The Kier molecular flexibility index (Phi) is 20.8. The molecule has 58 heavy (non-hydrogen) atoms. The van der Waals surface area contributed by atoms with Crippen LogP contribution in [0.1, 0.15) is 81.6 Å². The van der Waals surface area contributed by atoms with Gasteiger partial charge in [0.1, 0.15) is 0 Å². The van der Waals surface area contributed by atoms with Gasteiger partial charge in [0, 0.05) is 38.6 Å². The second-order valence-corrected chi connectivity index (χ2v) is 14.9. The van der Waals surface area contributed by atoms with Gasteiger partial charge < -0.3 is 0 Å². The summed E-state index contributed by atoms with van der Waals surface area (Å²) in [6.07, 6.45) is -24.0. The van der Waals surface area contributed by atoms with Crippen LogP contribution in [0.25, 0.3) is 0 Å². The van der Waals surface area contributed by atoms with E-state index in [2.05, 4.69) is 0 Å². The largest absolute Gasteiger partial charge is 0.460 e. The summed E-state index contributed by atoms with van der Waals surface area (Å²) in [7, 11) is 0. The standard InChI is InChI=1S/3C10H11F7O2.Tb/c3*1-7(2,3)5(18)4-6(19)8(11,12)9(13,14)10(15,16)17;/h3*4H2,1-3H3;/p+6. The van der Waals surface area contributed by atoms with Gasteiger partial charge >= 0.3 is 88.8 Å². The molecule has 345 valence electrons. The minimum atomic E-state index is -6.53. The molecule has 0 atom stereocenters. The number of hydrogen-bond donors (Lipinski definition) is 0. The summed E-state index contributed by atoms with van der Waals surface area (Å²) in [5.41, 5.74) is -3.47. The Morgan fingerprint density at radius 1 is 0.276 bits per heavy atom. The van der Waals surface area contributed by atoms with Gasteiger partial charge in [0.25, 0.3) is 0 Å². The maximum atomic E-state index is 13.0. The van der Waals surface area contributed by atoms with Crippen molar-refractivity contribution < 1.29 is 160 Å². The van der Waals surface area contributed by atoms with Crippen LogP contribution < -0.4 is 0 Å². The van der Waals surface area contributed by atoms with Gasteiger partial charge in [-0.05, 0) is 62.3 Å². The molecule has 0 fully saturated rings. The second-order valence-electron chi connectivity index (χ2n) is 14.9. The zero-order valence-corrected chi connectivity index (χ0v) is 33.2. The van der Waals surface area contributed by atoms with Crippen molar-refractivity contribution in [2.45, 2.75) is 136 Å². The first-order valence-corrected chi connectivity index (χ1v) is 14.9. The average Bonchev–Trinajstić information content (AvgIpc) is 2.93. The van der Waals surface area contributed by atoms with Gasteiger partial charge in [-0.25, -0.2) is 0 Å². The predicted octanol–water partition coefficient (Wildman–Crippen LogP) is 10.0. The molecule has 0 bridgehead atoms. The first kappa shape index (κ1) is 62.5. The number of halogens is 21. The molecule has 0 unspecified atom stereocenters. The van der Waals surface area contributed by atoms with Crippen molar-refractivity contribution in [3.63, 3.8) is 0 Å². The summed E-state index contributed by atoms with van der Waals surface area (Å²) >= 11 is 0. The van der Waals surface area contributed by atoms with E-state index < -0.39 is 124 Å². The summed E-state index contributed by atoms with van der Waals surface area (Å²) in [6, 6.07) is 0. The molecule has 0 aliphatic rings. The number of rotatable bonds is 12. The molecule has 1 radical (unpaired) electrons. The van der Waals surface area contributed by atoms with Crippen LogP contribution in [0.3, 0.4) is 0 Å². The first-order chi connectivity index (χ1) is 24.1. The molecule has 0 aliphatic carbocycles. The first-order valence-electron chi connectivity index (χ1n) is 14.9. The molecule has 0 amide bonds. The fraction of sp³-hybridized carbons (Fsp3) is 0.800. The molecular weight excluding hydrogens is 1010 g/mol. The Balaban J connectivity index is -0.000000374. The smallest absolute Gasteiger partial charge is 0.282 e. The SMILES string of the molecule is CC(C)(C)C(=[OH+])CC(=[OH+])C(F)(F)C(F)(F)C(F)(F)F.CC(C)(C)C(=[OH+])CC(=[OH+])C(F)(F)C(F)(F)C(F)(F)F.CC(C)(C)C(=[OH+])CC(=[OH+])C(F)(F)C(F)(F)C(F)(F)F.[Tb]. The van der Waals surface area contributed by atoms with Crippen molar-refractivity contribution in [3.05, 3.63) is 0 Å². The van der Waals surface area contributed by atoms with E-state index in [1.54, 1.807) is 0 Å². The van der Waals surface area contributed by atoms with Crippen molar-refractivity contribution in [2.75, 3.05) is 0 Å². The van der Waals surface area contributed by atoms with Crippen molar-refractivity contribution in [3.8, 4) is 0 Å². The molecule has 28 heteroatoms. The van der Waals surface area contributed by atoms with Gasteiger partial charge in [-0.15, -0.1) is 0 Å². The molecule has 0 rings (SSSR count). The zero-order valence-electron chi connectivity index (χ0n) is 31.1. The van der Waals surface area contributed by atoms with E-state index in [0.29, 0.717) is 0 Å². The topological polar surface area (TPSA) is 128 Å². The molecule has 0 spiro atoms. The van der Waals surface area contributed by atoms with E-state index >= 15 is 0 Å². The maximum Gasteiger partial charge on any atom is 0.460 e. The molecule has 6 N–H and O–H groups in total. The van der Waals surface area contributed by atoms with Crippen LogP contribution >= 0.6 is 0 Å². The van der Waals surface area contributed by atoms with Crippen LogP contribution in [0, 0.1) is 54.9 Å². The Labute approximate surface area is 345 Å². The fourth-order valence-electron chi connectivity index (χ4n) is 2.68. The van der Waals surface area contributed by atoms with Gasteiger partial charge in [0.2, 0.25) is 0 Å². The van der Waals surface area contributed by atoms with Crippen molar-refractivity contribution in [2.24, 2.45) is 16.2 Å². The minimum Gasteiger partial charge on any atom is -0.282 e. The normalized spacial score (nSPS) is 14.2. The van der Waals surface area contributed by atoms with Crippen LogP contribution in [0.5, 0.6) is 0 Å². The summed E-state index contributed by atoms with van der Waals surface area (Å²) < 4.78 is 260. The van der Waals surface area contributed by atoms with Gasteiger partial charge in [0.15, 0.2) is 19.3 Å². The van der Waals surface area contributed by atoms with Gasteiger partial charge in [-0.1, -0.05) is 0 Å². The third-order valence-corrected chi connectivity index (χ3v) is 6.94. The second kappa shape index (κ2) is 19.3. The third kappa shape index (κ3) is 15.1. The van der Waals surface area contributed by atoms with Crippen LogP contribution in [0.2, 0.25) is 0 Å². The summed E-state index contributed by atoms with van der Waals surface area (Å²) in [5.74, 6) is -46.6. The Morgan fingerprint density at radius 3 is 0.483 bits per heavy atom. The van der Waals surface area contributed by atoms with Crippen LogP contribution in [0.15, 0.2) is 0 Å². The summed E-state index contributed by atoms with van der Waals surface area (Å²) in [4.78, 5) is 54.2. The predicted molar refractivity (Wildman–Crippen MR) is 162 cm³/mol. The van der Waals surface area contributed by atoms with E-state index in [-0.39, 0.29) is 38.6 Å². The molecule has 0 aliphatic heterocycles. The zero-order chi connectivity index (χ0) is 47.6. The maximum absolute atomic E-state index is 13.0. The van der Waals surface area contributed by atoms with Crippen LogP contribution in [-0.4, -0.2) is 118 Å². The molecule has 0 heterocycles. The molecular formula is C30H39F21O6Tb+6. The summed E-state index contributed by atoms with van der Waals surface area (Å²) in [5, 5.41) is 0. The van der Waals surface area contributed by atoms with Gasteiger partial charge in [-0.3, -0.25) is 28.8 Å². The molecule has 0 saturated carbocycles. The van der Waals surface area contributed by atoms with E-state index in [1.165, 1.54) is 62.3 Å². The van der Waals surface area contributed by atoms with Gasteiger partial charge in [0.05, 0.1) is 16.2 Å². The Bertz CT molecular complexity index is 1310. The number of hydrogen-bond acceptors (Lipinski definition) is 0. The summed E-state index contributed by atoms with van der Waals surface area (Å²) in [6.45, 7) is 11.7. The van der Waals surface area contributed by atoms with Crippen LogP contribution in [-0.2, 0) is 0 Å². The van der Waals surface area contributed by atoms with E-state index in [9.17, 15) is 107 Å². The molecule has 6 nitrogen and oxygen atoms in total. The van der Waals surface area contributed by atoms with Crippen LogP contribution in [0.4, 0.5) is 92.2 Å². The van der Waals surface area contributed by atoms with Crippen molar-refractivity contribution in [1.29, 1.82) is 0 Å². The van der Waals surface area contributed by atoms with E-state index in [4.69, 9.17) is 14.4 Å². The molecule has 0 aromatic rings. The minimum absolute atomic E-state index is 0. The number of ketones is 6. The molecule has 0 aromatic heterocycles. The Morgan fingerprint density at radius 2 is 0.397 bits per heavy atom. The fourth-order valence-corrected chi connectivity index (χ4v) is 2.68. The number of alkyl halides is 21. The quantitative estimate of drug-likeness (QED) is 0.105. The third-order valence-electron chi connectivity index (χ3n) is 6.94. The molecule has 0 saturated heterocycles. The van der Waals surface area contributed by atoms with E-state index in [0.717, 1.165) is 0 Å². The van der Waals surface area contributed by atoms with Gasteiger partial charge in [-0.2, -0.15) is 92.2 Å². The molecule has 0 aromatic carbocycles. The van der Waals surface area contributed by atoms with Crippen molar-refractivity contribution >= 4 is 34.7 Å². The number of carbonyl (C=O) groups excluding carboxylic acids is 6. The monoisotopic (exact) mass is 1050 g/mol. The van der Waals surface area contributed by atoms with Crippen molar-refractivity contribution in [1.82, 2.24) is 0 Å². The Hall–Kier alpha value is -2.16. The van der Waals surface area contributed by atoms with E-state index in [1.807, 2.05) is 0 Å². The average molecular weight is 1050 g/mol.